The van der Waals surface area contributed by atoms with Crippen LogP contribution in [-0.4, -0.2) is 0 Å². The standard InChI is InChI=1S/C15H13F3O/c1-11-7-8-14(13(9-11)15(16,17)18)19-10-12-5-3-2-4-6-12/h2-9H,10H2,1H3. The van der Waals surface area contributed by atoms with Gasteiger partial charge >= 0.3 is 6.18 Å². The van der Waals surface area contributed by atoms with Crippen LogP contribution in [0.1, 0.15) is 16.7 Å². The Morgan fingerprint density at radius 2 is 1.68 bits per heavy atom. The van der Waals surface area contributed by atoms with Crippen LogP contribution in [-0.2, 0) is 12.8 Å². The summed E-state index contributed by atoms with van der Waals surface area (Å²) in [7, 11) is 0. The van der Waals surface area contributed by atoms with E-state index >= 15 is 0 Å². The molecule has 0 aliphatic rings. The van der Waals surface area contributed by atoms with Crippen LogP contribution >= 0.6 is 0 Å². The van der Waals surface area contributed by atoms with Gasteiger partial charge in [0.15, 0.2) is 0 Å². The van der Waals surface area contributed by atoms with Gasteiger partial charge in [0.05, 0.1) is 5.56 Å². The molecule has 0 bridgehead atoms. The summed E-state index contributed by atoms with van der Waals surface area (Å²) in [4.78, 5) is 0. The Hall–Kier alpha value is -1.97. The maximum absolute atomic E-state index is 12.9. The first kappa shape index (κ1) is 13.5. The highest BCUT2D eigenvalue weighted by atomic mass is 19.4. The normalized spacial score (nSPS) is 11.4. The molecular weight excluding hydrogens is 253 g/mol. The van der Waals surface area contributed by atoms with Gasteiger partial charge in [0.25, 0.3) is 0 Å². The van der Waals surface area contributed by atoms with Gasteiger partial charge in [0.2, 0.25) is 0 Å². The van der Waals surface area contributed by atoms with Gasteiger partial charge in [-0.3, -0.25) is 0 Å². The molecule has 0 heterocycles. The summed E-state index contributed by atoms with van der Waals surface area (Å²) < 4.78 is 43.9. The quantitative estimate of drug-likeness (QED) is 0.789. The second-order valence-corrected chi connectivity index (χ2v) is 4.27. The van der Waals surface area contributed by atoms with E-state index in [-0.39, 0.29) is 12.4 Å². The molecule has 2 rings (SSSR count). The van der Waals surface area contributed by atoms with Crippen molar-refractivity contribution in [2.24, 2.45) is 0 Å². The van der Waals surface area contributed by atoms with Crippen LogP contribution in [0.25, 0.3) is 0 Å². The summed E-state index contributed by atoms with van der Waals surface area (Å²) in [5, 5.41) is 0. The summed E-state index contributed by atoms with van der Waals surface area (Å²) in [5.74, 6) is -0.137. The first-order valence-corrected chi connectivity index (χ1v) is 5.81. The lowest BCUT2D eigenvalue weighted by Crippen LogP contribution is -2.09. The molecule has 0 amide bonds. The van der Waals surface area contributed by atoms with Gasteiger partial charge in [-0.05, 0) is 24.6 Å². The van der Waals surface area contributed by atoms with Crippen molar-refractivity contribution < 1.29 is 17.9 Å². The van der Waals surface area contributed by atoms with E-state index in [1.165, 1.54) is 6.07 Å². The molecule has 0 fully saturated rings. The van der Waals surface area contributed by atoms with E-state index in [0.29, 0.717) is 5.56 Å². The number of aryl methyl sites for hydroxylation is 1. The molecule has 0 atom stereocenters. The lowest BCUT2D eigenvalue weighted by atomic mass is 10.1. The van der Waals surface area contributed by atoms with Crippen LogP contribution in [0.15, 0.2) is 48.5 Å². The van der Waals surface area contributed by atoms with E-state index in [1.54, 1.807) is 25.1 Å². The van der Waals surface area contributed by atoms with E-state index in [2.05, 4.69) is 0 Å². The van der Waals surface area contributed by atoms with Crippen LogP contribution in [0.2, 0.25) is 0 Å². The molecule has 0 radical (unpaired) electrons. The predicted octanol–water partition coefficient (Wildman–Crippen LogP) is 4.59. The minimum Gasteiger partial charge on any atom is -0.488 e. The Kier molecular flexibility index (Phi) is 3.79. The lowest BCUT2D eigenvalue weighted by Gasteiger charge is -2.14. The van der Waals surface area contributed by atoms with Crippen LogP contribution in [0.3, 0.4) is 0 Å². The third-order valence-corrected chi connectivity index (χ3v) is 2.68. The number of alkyl halides is 3. The zero-order valence-corrected chi connectivity index (χ0v) is 10.4. The Labute approximate surface area is 109 Å². The topological polar surface area (TPSA) is 9.23 Å². The molecule has 0 unspecified atom stereocenters. The van der Waals surface area contributed by atoms with Gasteiger partial charge in [-0.15, -0.1) is 0 Å². The van der Waals surface area contributed by atoms with Gasteiger partial charge in [-0.2, -0.15) is 13.2 Å². The average molecular weight is 266 g/mol. The van der Waals surface area contributed by atoms with Gasteiger partial charge < -0.3 is 4.74 Å². The Morgan fingerprint density at radius 1 is 1.00 bits per heavy atom. The van der Waals surface area contributed by atoms with Gasteiger partial charge in [0.1, 0.15) is 12.4 Å². The maximum atomic E-state index is 12.9. The Bertz CT molecular complexity index is 547. The first-order valence-electron chi connectivity index (χ1n) is 5.81. The number of hydrogen-bond donors (Lipinski definition) is 0. The first-order chi connectivity index (χ1) is 8.97. The van der Waals surface area contributed by atoms with Crippen molar-refractivity contribution in [1.29, 1.82) is 0 Å². The van der Waals surface area contributed by atoms with Crippen molar-refractivity contribution in [3.63, 3.8) is 0 Å². The summed E-state index contributed by atoms with van der Waals surface area (Å²) in [6, 6.07) is 13.2. The molecular formula is C15H13F3O. The molecule has 4 heteroatoms. The van der Waals surface area contributed by atoms with E-state index in [4.69, 9.17) is 4.74 Å². The van der Waals surface area contributed by atoms with Crippen molar-refractivity contribution in [3.8, 4) is 5.75 Å². The van der Waals surface area contributed by atoms with Crippen molar-refractivity contribution >= 4 is 0 Å². The van der Waals surface area contributed by atoms with Gasteiger partial charge in [-0.1, -0.05) is 42.0 Å². The summed E-state index contributed by atoms with van der Waals surface area (Å²) in [6.07, 6.45) is -4.40. The van der Waals surface area contributed by atoms with Crippen molar-refractivity contribution in [2.75, 3.05) is 0 Å². The monoisotopic (exact) mass is 266 g/mol. The molecule has 0 aliphatic carbocycles. The van der Waals surface area contributed by atoms with Crippen molar-refractivity contribution in [2.45, 2.75) is 19.7 Å². The van der Waals surface area contributed by atoms with E-state index in [0.717, 1.165) is 11.6 Å². The zero-order valence-electron chi connectivity index (χ0n) is 10.4. The Morgan fingerprint density at radius 3 is 2.32 bits per heavy atom. The number of halogens is 3. The molecule has 0 aliphatic heterocycles. The molecule has 0 aromatic heterocycles. The zero-order chi connectivity index (χ0) is 13.9. The van der Waals surface area contributed by atoms with Crippen molar-refractivity contribution in [1.82, 2.24) is 0 Å². The molecule has 0 saturated heterocycles. The molecule has 2 aromatic carbocycles. The highest BCUT2D eigenvalue weighted by molar-refractivity contribution is 5.39. The summed E-state index contributed by atoms with van der Waals surface area (Å²) >= 11 is 0. The number of benzene rings is 2. The number of ether oxygens (including phenoxy) is 1. The fraction of sp³-hybridized carbons (Fsp3) is 0.200. The minimum atomic E-state index is -4.40. The maximum Gasteiger partial charge on any atom is 0.419 e. The fourth-order valence-electron chi connectivity index (χ4n) is 1.73. The number of rotatable bonds is 3. The van der Waals surface area contributed by atoms with Crippen LogP contribution < -0.4 is 4.74 Å². The summed E-state index contributed by atoms with van der Waals surface area (Å²) in [6.45, 7) is 1.74. The van der Waals surface area contributed by atoms with Crippen LogP contribution in [0.5, 0.6) is 5.75 Å². The third-order valence-electron chi connectivity index (χ3n) is 2.68. The third kappa shape index (κ3) is 3.50. The van der Waals surface area contributed by atoms with Crippen molar-refractivity contribution in [3.05, 3.63) is 65.2 Å². The molecule has 2 aromatic rings. The second-order valence-electron chi connectivity index (χ2n) is 4.27. The van der Waals surface area contributed by atoms with Crippen LogP contribution in [0, 0.1) is 6.92 Å². The van der Waals surface area contributed by atoms with E-state index < -0.39 is 11.7 Å². The van der Waals surface area contributed by atoms with E-state index in [9.17, 15) is 13.2 Å². The minimum absolute atomic E-state index is 0.118. The summed E-state index contributed by atoms with van der Waals surface area (Å²) in [5.41, 5.74) is 0.652. The molecule has 0 spiro atoms. The smallest absolute Gasteiger partial charge is 0.419 e. The molecule has 0 saturated carbocycles. The molecule has 1 nitrogen and oxygen atoms in total. The molecule has 0 N–H and O–H groups in total. The molecule has 100 valence electrons. The fourth-order valence-corrected chi connectivity index (χ4v) is 1.73. The average Bonchev–Trinajstić information content (AvgIpc) is 2.37. The largest absolute Gasteiger partial charge is 0.488 e. The highest BCUT2D eigenvalue weighted by Crippen LogP contribution is 2.37. The highest BCUT2D eigenvalue weighted by Gasteiger charge is 2.34. The second kappa shape index (κ2) is 5.34. The van der Waals surface area contributed by atoms with Crippen LogP contribution in [0.4, 0.5) is 13.2 Å². The molecule has 19 heavy (non-hydrogen) atoms. The Balaban J connectivity index is 2.21. The van der Waals surface area contributed by atoms with Gasteiger partial charge in [-0.25, -0.2) is 0 Å². The number of hydrogen-bond acceptors (Lipinski definition) is 1. The SMILES string of the molecule is Cc1ccc(OCc2ccccc2)c(C(F)(F)F)c1. The predicted molar refractivity (Wildman–Crippen MR) is 67.0 cm³/mol. The lowest BCUT2D eigenvalue weighted by molar-refractivity contribution is -0.139. The van der Waals surface area contributed by atoms with Gasteiger partial charge in [0, 0.05) is 0 Å². The van der Waals surface area contributed by atoms with E-state index in [1.807, 2.05) is 18.2 Å².